The van der Waals surface area contributed by atoms with Crippen LogP contribution in [0.25, 0.3) is 0 Å². The van der Waals surface area contributed by atoms with E-state index in [9.17, 15) is 0 Å². The van der Waals surface area contributed by atoms with E-state index in [1.165, 1.54) is 0 Å². The van der Waals surface area contributed by atoms with Gasteiger partial charge in [0.15, 0.2) is 5.91 Å². The third-order valence-corrected chi connectivity index (χ3v) is 6.04. The molecule has 0 aliphatic rings. The van der Waals surface area contributed by atoms with E-state index in [1.54, 1.807) is 0 Å². The van der Waals surface area contributed by atoms with Crippen molar-refractivity contribution in [3.63, 3.8) is 0 Å². The van der Waals surface area contributed by atoms with Gasteiger partial charge in [-0.2, -0.15) is 0 Å². The lowest BCUT2D eigenvalue weighted by molar-refractivity contribution is 0.0655. The van der Waals surface area contributed by atoms with E-state index in [-0.39, 0.29) is 5.91 Å². The van der Waals surface area contributed by atoms with Crippen molar-refractivity contribution >= 4 is 22.8 Å². The molecular formula is C13H23NO2Si2. The molecule has 1 aromatic carbocycles. The van der Waals surface area contributed by atoms with Crippen LogP contribution in [0.3, 0.4) is 0 Å². The summed E-state index contributed by atoms with van der Waals surface area (Å²) in [6, 6.07) is 7.44. The van der Waals surface area contributed by atoms with E-state index < -0.39 is 17.1 Å². The zero-order chi connectivity index (χ0) is 13.8. The smallest absolute Gasteiger partial charge is 0.214 e. The molecule has 0 heterocycles. The molecule has 0 fully saturated rings. The second-order valence-electron chi connectivity index (χ2n) is 5.22. The summed E-state index contributed by atoms with van der Waals surface area (Å²) >= 11 is 0. The predicted octanol–water partition coefficient (Wildman–Crippen LogP) is 2.95. The Labute approximate surface area is 112 Å². The van der Waals surface area contributed by atoms with Crippen molar-refractivity contribution in [2.45, 2.75) is 32.1 Å². The van der Waals surface area contributed by atoms with Crippen molar-refractivity contribution in [1.29, 1.82) is 0 Å². The molecular weight excluding hydrogens is 258 g/mol. The molecule has 0 aliphatic heterocycles. The van der Waals surface area contributed by atoms with Gasteiger partial charge in [0.25, 0.3) is 0 Å². The summed E-state index contributed by atoms with van der Waals surface area (Å²) < 4.78 is 12.1. The molecule has 1 rings (SSSR count). The first-order valence-electron chi connectivity index (χ1n) is 6.17. The minimum Gasteiger partial charge on any atom is -0.470 e. The Hall–Kier alpha value is -1.05. The maximum atomic E-state index is 6.11. The van der Waals surface area contributed by atoms with Gasteiger partial charge < -0.3 is 14.9 Å². The molecule has 1 atom stereocenters. The van der Waals surface area contributed by atoms with Crippen LogP contribution in [0.4, 0.5) is 5.69 Å². The summed E-state index contributed by atoms with van der Waals surface area (Å²) in [5.41, 5.74) is 8.33. The minimum atomic E-state index is -1.82. The van der Waals surface area contributed by atoms with Crippen LogP contribution < -0.4 is 10.5 Å². The number of anilines is 1. The van der Waals surface area contributed by atoms with Crippen molar-refractivity contribution < 1.29 is 9.16 Å². The van der Waals surface area contributed by atoms with Gasteiger partial charge >= 0.3 is 0 Å². The molecule has 0 aromatic heterocycles. The number of hydrogen-bond acceptors (Lipinski definition) is 3. The quantitative estimate of drug-likeness (QED) is 0.495. The van der Waals surface area contributed by atoms with E-state index in [4.69, 9.17) is 14.9 Å². The number of nitrogens with two attached hydrogens (primary N) is 1. The number of hydrogen-bond donors (Lipinski definition) is 1. The van der Waals surface area contributed by atoms with E-state index >= 15 is 0 Å². The van der Waals surface area contributed by atoms with Crippen molar-refractivity contribution in [1.82, 2.24) is 0 Å². The maximum Gasteiger partial charge on any atom is 0.214 e. The Morgan fingerprint density at radius 3 is 2.28 bits per heavy atom. The molecule has 3 nitrogen and oxygen atoms in total. The molecule has 2 N–H and O–H groups in total. The Bertz CT molecular complexity index is 390. The highest BCUT2D eigenvalue weighted by Crippen LogP contribution is 2.19. The molecule has 0 spiro atoms. The summed E-state index contributed by atoms with van der Waals surface area (Å²) in [4.78, 5) is 0. The summed E-state index contributed by atoms with van der Waals surface area (Å²) in [5.74, 6) is 0.692. The van der Waals surface area contributed by atoms with Gasteiger partial charge in [-0.05, 0) is 37.4 Å². The van der Waals surface area contributed by atoms with Crippen LogP contribution in [0.5, 0.6) is 5.75 Å². The molecule has 0 aliphatic carbocycles. The summed E-state index contributed by atoms with van der Waals surface area (Å²) in [6.07, 6.45) is 0. The monoisotopic (exact) mass is 281 g/mol. The average molecular weight is 282 g/mol. The first kappa shape index (κ1) is 15.0. The predicted molar refractivity (Wildman–Crippen MR) is 82.9 cm³/mol. The van der Waals surface area contributed by atoms with E-state index in [0.29, 0.717) is 0 Å². The third-order valence-electron chi connectivity index (χ3n) is 2.59. The fourth-order valence-electron chi connectivity index (χ4n) is 1.32. The largest absolute Gasteiger partial charge is 0.470 e. The Balaban J connectivity index is 2.74. The average Bonchev–Trinajstić information content (AvgIpc) is 2.31. The second kappa shape index (κ2) is 6.22. The van der Waals surface area contributed by atoms with Gasteiger partial charge in [-0.1, -0.05) is 18.8 Å². The fourth-order valence-corrected chi connectivity index (χ4v) is 4.64. The van der Waals surface area contributed by atoms with Gasteiger partial charge in [-0.15, -0.1) is 6.58 Å². The number of benzene rings is 1. The van der Waals surface area contributed by atoms with Crippen molar-refractivity contribution in [3.8, 4) is 5.75 Å². The molecule has 1 unspecified atom stereocenters. The first-order valence-corrected chi connectivity index (χ1v) is 12.1. The van der Waals surface area contributed by atoms with Gasteiger partial charge in [0.05, 0.1) is 0 Å². The normalized spacial score (nSPS) is 13.4. The van der Waals surface area contributed by atoms with E-state index in [2.05, 4.69) is 32.8 Å². The van der Waals surface area contributed by atoms with Crippen LogP contribution in [-0.4, -0.2) is 23.0 Å². The first-order chi connectivity index (χ1) is 8.34. The highest BCUT2D eigenvalue weighted by Gasteiger charge is 2.27. The highest BCUT2D eigenvalue weighted by atomic mass is 28.4. The molecule has 18 heavy (non-hydrogen) atoms. The molecule has 0 amide bonds. The zero-order valence-corrected chi connectivity index (χ0v) is 13.8. The lowest BCUT2D eigenvalue weighted by Crippen LogP contribution is -2.43. The molecule has 100 valence electrons. The highest BCUT2D eigenvalue weighted by molar-refractivity contribution is 6.76. The summed E-state index contributed by atoms with van der Waals surface area (Å²) in [5, 5.41) is 0. The molecule has 0 saturated carbocycles. The SMILES string of the molecule is C=C[Si](C)(C)OC(Oc1ccc(N)cc1)[SiH](C)C. The molecule has 0 saturated heterocycles. The lowest BCUT2D eigenvalue weighted by Gasteiger charge is -2.29. The number of rotatable bonds is 6. The van der Waals surface area contributed by atoms with Crippen LogP contribution in [0, 0.1) is 0 Å². The number of ether oxygens (including phenoxy) is 1. The maximum absolute atomic E-state index is 6.11. The lowest BCUT2D eigenvalue weighted by atomic mass is 10.3. The Kier molecular flexibility index (Phi) is 5.19. The van der Waals surface area contributed by atoms with Crippen LogP contribution >= 0.6 is 0 Å². The van der Waals surface area contributed by atoms with Gasteiger partial charge in [0.2, 0.25) is 8.32 Å². The minimum absolute atomic E-state index is 0.117. The van der Waals surface area contributed by atoms with Gasteiger partial charge in [0.1, 0.15) is 14.5 Å². The summed E-state index contributed by atoms with van der Waals surface area (Å²) in [6.45, 7) is 12.5. The van der Waals surface area contributed by atoms with Crippen molar-refractivity contribution in [2.75, 3.05) is 5.73 Å². The zero-order valence-electron chi connectivity index (χ0n) is 11.6. The molecule has 0 radical (unpaired) electrons. The fraction of sp³-hybridized carbons (Fsp3) is 0.385. The molecule has 5 heteroatoms. The van der Waals surface area contributed by atoms with Gasteiger partial charge in [-0.3, -0.25) is 0 Å². The van der Waals surface area contributed by atoms with Crippen LogP contribution in [0.15, 0.2) is 36.5 Å². The van der Waals surface area contributed by atoms with E-state index in [1.807, 2.05) is 30.0 Å². The standard InChI is InChI=1S/C13H23NO2Si2/c1-6-18(4,5)16-13(17(2)3)15-12-9-7-11(14)8-10-12/h6-10,13,17H,1,14H2,2-5H3. The van der Waals surface area contributed by atoms with Crippen LogP contribution in [-0.2, 0) is 4.43 Å². The van der Waals surface area contributed by atoms with Crippen molar-refractivity contribution in [3.05, 3.63) is 36.5 Å². The topological polar surface area (TPSA) is 44.5 Å². The molecule has 1 aromatic rings. The van der Waals surface area contributed by atoms with Crippen LogP contribution in [0.1, 0.15) is 0 Å². The summed E-state index contributed by atoms with van der Waals surface area (Å²) in [7, 11) is -2.89. The Morgan fingerprint density at radius 1 is 1.28 bits per heavy atom. The van der Waals surface area contributed by atoms with Crippen molar-refractivity contribution in [2.24, 2.45) is 0 Å². The third kappa shape index (κ3) is 4.68. The van der Waals surface area contributed by atoms with Gasteiger partial charge in [-0.25, -0.2) is 0 Å². The van der Waals surface area contributed by atoms with Gasteiger partial charge in [0, 0.05) is 5.69 Å². The van der Waals surface area contributed by atoms with Crippen LogP contribution in [0.2, 0.25) is 26.2 Å². The number of nitrogen functional groups attached to an aromatic ring is 1. The second-order valence-corrected chi connectivity index (χ2v) is 12.1. The molecule has 0 bridgehead atoms. The Morgan fingerprint density at radius 2 is 1.83 bits per heavy atom. The van der Waals surface area contributed by atoms with E-state index in [0.717, 1.165) is 11.4 Å².